The van der Waals surface area contributed by atoms with Crippen molar-refractivity contribution in [2.75, 3.05) is 11.9 Å². The van der Waals surface area contributed by atoms with E-state index in [-0.39, 0.29) is 5.91 Å². The Morgan fingerprint density at radius 3 is 2.72 bits per heavy atom. The first kappa shape index (κ1) is 14.7. The van der Waals surface area contributed by atoms with E-state index in [2.05, 4.69) is 30.5 Å². The molecule has 0 aliphatic rings. The average molecular weight is 248 g/mol. The number of aryl methyl sites for hydroxylation is 2. The molecule has 0 bridgehead atoms. The predicted octanol–water partition coefficient (Wildman–Crippen LogP) is 3.02. The Labute approximate surface area is 110 Å². The summed E-state index contributed by atoms with van der Waals surface area (Å²) in [6.45, 7) is 9.02. The van der Waals surface area contributed by atoms with Gasteiger partial charge in [-0.15, -0.1) is 0 Å². The smallest absolute Gasteiger partial charge is 0.225 e. The van der Waals surface area contributed by atoms with Crippen LogP contribution in [0.1, 0.15) is 37.8 Å². The van der Waals surface area contributed by atoms with Gasteiger partial charge in [0, 0.05) is 24.7 Å². The van der Waals surface area contributed by atoms with Crippen molar-refractivity contribution in [2.24, 2.45) is 0 Å². The Morgan fingerprint density at radius 1 is 1.33 bits per heavy atom. The van der Waals surface area contributed by atoms with Gasteiger partial charge in [0.15, 0.2) is 0 Å². The zero-order valence-electron chi connectivity index (χ0n) is 11.8. The first-order valence-electron chi connectivity index (χ1n) is 6.63. The van der Waals surface area contributed by atoms with Gasteiger partial charge in [0.05, 0.1) is 0 Å². The van der Waals surface area contributed by atoms with Crippen LogP contribution in [0, 0.1) is 13.8 Å². The number of carbonyl (C=O) groups excluding carboxylic acids is 1. The quantitative estimate of drug-likeness (QED) is 0.812. The predicted molar refractivity (Wildman–Crippen MR) is 76.9 cm³/mol. The summed E-state index contributed by atoms with van der Waals surface area (Å²) in [5.74, 6) is 0.0690. The molecule has 100 valence electrons. The van der Waals surface area contributed by atoms with E-state index in [4.69, 9.17) is 0 Å². The standard InChI is InChI=1S/C15H24N2O/c1-5-13(4)16-9-8-15(18)17-14-10-11(2)6-7-12(14)3/h6-7,10,13,16H,5,8-9H2,1-4H3,(H,17,18). The maximum Gasteiger partial charge on any atom is 0.225 e. The molecule has 1 aromatic carbocycles. The van der Waals surface area contributed by atoms with Gasteiger partial charge in [-0.05, 0) is 44.4 Å². The molecule has 0 spiro atoms. The number of nitrogens with one attached hydrogen (secondary N) is 2. The lowest BCUT2D eigenvalue weighted by Crippen LogP contribution is -2.29. The molecule has 1 unspecified atom stereocenters. The lowest BCUT2D eigenvalue weighted by Gasteiger charge is -2.12. The zero-order chi connectivity index (χ0) is 13.5. The second-order valence-electron chi connectivity index (χ2n) is 4.88. The highest BCUT2D eigenvalue weighted by molar-refractivity contribution is 5.91. The zero-order valence-corrected chi connectivity index (χ0v) is 11.8. The number of hydrogen-bond acceptors (Lipinski definition) is 2. The summed E-state index contributed by atoms with van der Waals surface area (Å²) >= 11 is 0. The molecule has 1 aromatic rings. The van der Waals surface area contributed by atoms with Crippen molar-refractivity contribution in [3.8, 4) is 0 Å². The largest absolute Gasteiger partial charge is 0.326 e. The minimum Gasteiger partial charge on any atom is -0.326 e. The monoisotopic (exact) mass is 248 g/mol. The van der Waals surface area contributed by atoms with E-state index in [1.807, 2.05) is 26.0 Å². The van der Waals surface area contributed by atoms with Crippen molar-refractivity contribution in [2.45, 2.75) is 46.6 Å². The van der Waals surface area contributed by atoms with Gasteiger partial charge in [-0.25, -0.2) is 0 Å². The van der Waals surface area contributed by atoms with Gasteiger partial charge in [-0.3, -0.25) is 4.79 Å². The van der Waals surface area contributed by atoms with Gasteiger partial charge < -0.3 is 10.6 Å². The number of carbonyl (C=O) groups is 1. The van der Waals surface area contributed by atoms with Crippen molar-refractivity contribution in [1.29, 1.82) is 0 Å². The van der Waals surface area contributed by atoms with Crippen LogP contribution in [-0.2, 0) is 4.79 Å². The molecule has 0 aliphatic heterocycles. The van der Waals surface area contributed by atoms with Crippen molar-refractivity contribution >= 4 is 11.6 Å². The van der Waals surface area contributed by atoms with Crippen LogP contribution in [-0.4, -0.2) is 18.5 Å². The Hall–Kier alpha value is -1.35. The molecule has 3 nitrogen and oxygen atoms in total. The molecule has 0 fully saturated rings. The van der Waals surface area contributed by atoms with Gasteiger partial charge in [-0.2, -0.15) is 0 Å². The summed E-state index contributed by atoms with van der Waals surface area (Å²) in [6.07, 6.45) is 1.59. The molecule has 0 saturated heterocycles. The minimum atomic E-state index is 0.0690. The summed E-state index contributed by atoms with van der Waals surface area (Å²) in [7, 11) is 0. The van der Waals surface area contributed by atoms with Crippen molar-refractivity contribution in [3.05, 3.63) is 29.3 Å². The van der Waals surface area contributed by atoms with Gasteiger partial charge in [0.25, 0.3) is 0 Å². The number of benzene rings is 1. The number of rotatable bonds is 6. The molecule has 0 aliphatic carbocycles. The van der Waals surface area contributed by atoms with Crippen LogP contribution in [0.3, 0.4) is 0 Å². The van der Waals surface area contributed by atoms with E-state index in [0.29, 0.717) is 12.5 Å². The molecule has 0 saturated carbocycles. The molecule has 1 atom stereocenters. The normalized spacial score (nSPS) is 12.2. The van der Waals surface area contributed by atoms with E-state index < -0.39 is 0 Å². The number of amides is 1. The summed E-state index contributed by atoms with van der Waals surface area (Å²) in [5, 5.41) is 6.28. The van der Waals surface area contributed by atoms with Crippen LogP contribution >= 0.6 is 0 Å². The molecule has 18 heavy (non-hydrogen) atoms. The van der Waals surface area contributed by atoms with Crippen molar-refractivity contribution in [1.82, 2.24) is 5.32 Å². The first-order valence-corrected chi connectivity index (χ1v) is 6.63. The highest BCUT2D eigenvalue weighted by Gasteiger charge is 2.05. The molecule has 0 heterocycles. The van der Waals surface area contributed by atoms with E-state index in [9.17, 15) is 4.79 Å². The number of anilines is 1. The second-order valence-corrected chi connectivity index (χ2v) is 4.88. The van der Waals surface area contributed by atoms with Crippen LogP contribution in [0.15, 0.2) is 18.2 Å². The highest BCUT2D eigenvalue weighted by atomic mass is 16.1. The van der Waals surface area contributed by atoms with E-state index in [1.54, 1.807) is 0 Å². The minimum absolute atomic E-state index is 0.0690. The fourth-order valence-corrected chi connectivity index (χ4v) is 1.66. The van der Waals surface area contributed by atoms with Crippen molar-refractivity contribution in [3.63, 3.8) is 0 Å². The summed E-state index contributed by atoms with van der Waals surface area (Å²) in [5.41, 5.74) is 3.18. The lowest BCUT2D eigenvalue weighted by molar-refractivity contribution is -0.116. The molecule has 1 rings (SSSR count). The third-order valence-corrected chi connectivity index (χ3v) is 3.12. The Balaban J connectivity index is 2.42. The summed E-state index contributed by atoms with van der Waals surface area (Å²) in [6, 6.07) is 6.56. The van der Waals surface area contributed by atoms with Crippen LogP contribution in [0.5, 0.6) is 0 Å². The fourth-order valence-electron chi connectivity index (χ4n) is 1.66. The van der Waals surface area contributed by atoms with Gasteiger partial charge >= 0.3 is 0 Å². The Kier molecular flexibility index (Phi) is 5.86. The van der Waals surface area contributed by atoms with Crippen molar-refractivity contribution < 1.29 is 4.79 Å². The van der Waals surface area contributed by atoms with E-state index in [1.165, 1.54) is 0 Å². The highest BCUT2D eigenvalue weighted by Crippen LogP contribution is 2.16. The van der Waals surface area contributed by atoms with Gasteiger partial charge in [0.1, 0.15) is 0 Å². The Bertz CT molecular complexity index is 401. The number of hydrogen-bond donors (Lipinski definition) is 2. The molecule has 2 N–H and O–H groups in total. The maximum atomic E-state index is 11.8. The molecule has 1 amide bonds. The topological polar surface area (TPSA) is 41.1 Å². The SMILES string of the molecule is CCC(C)NCCC(=O)Nc1cc(C)ccc1C. The van der Waals surface area contributed by atoms with Gasteiger partial charge in [-0.1, -0.05) is 19.1 Å². The first-order chi connectivity index (χ1) is 8.52. The summed E-state index contributed by atoms with van der Waals surface area (Å²) < 4.78 is 0. The van der Waals surface area contributed by atoms with Crippen LogP contribution in [0.2, 0.25) is 0 Å². The molecule has 3 heteroatoms. The van der Waals surface area contributed by atoms with Crippen LogP contribution in [0.4, 0.5) is 5.69 Å². The lowest BCUT2D eigenvalue weighted by atomic mass is 10.1. The van der Waals surface area contributed by atoms with E-state index in [0.717, 1.165) is 29.8 Å². The second kappa shape index (κ2) is 7.17. The third-order valence-electron chi connectivity index (χ3n) is 3.12. The van der Waals surface area contributed by atoms with Gasteiger partial charge in [0.2, 0.25) is 5.91 Å². The maximum absolute atomic E-state index is 11.8. The average Bonchev–Trinajstić information content (AvgIpc) is 2.33. The fraction of sp³-hybridized carbons (Fsp3) is 0.533. The molecular formula is C15H24N2O. The molecular weight excluding hydrogens is 224 g/mol. The molecule has 0 aromatic heterocycles. The van der Waals surface area contributed by atoms with Crippen LogP contribution in [0.25, 0.3) is 0 Å². The summed E-state index contributed by atoms with van der Waals surface area (Å²) in [4.78, 5) is 11.8. The molecule has 0 radical (unpaired) electrons. The third kappa shape index (κ3) is 4.88. The Morgan fingerprint density at radius 2 is 2.06 bits per heavy atom. The van der Waals surface area contributed by atoms with E-state index >= 15 is 0 Å². The van der Waals surface area contributed by atoms with Crippen LogP contribution < -0.4 is 10.6 Å².